The van der Waals surface area contributed by atoms with Crippen molar-refractivity contribution >= 4 is 53.1 Å². The van der Waals surface area contributed by atoms with E-state index >= 15 is 0 Å². The normalized spacial score (nSPS) is 14.7. The number of hydrogen-bond acceptors (Lipinski definition) is 9. The van der Waals surface area contributed by atoms with Gasteiger partial charge in [0.2, 0.25) is 0 Å². The number of hydrogen-bond donors (Lipinski definition) is 2. The average molecular weight is 632 g/mol. The van der Waals surface area contributed by atoms with Gasteiger partial charge in [-0.05, 0) is 63.9 Å². The van der Waals surface area contributed by atoms with Gasteiger partial charge in [-0.2, -0.15) is 5.09 Å². The summed E-state index contributed by atoms with van der Waals surface area (Å²) in [5.74, 6) is 0.552. The van der Waals surface area contributed by atoms with Crippen molar-refractivity contribution in [1.82, 2.24) is 19.6 Å². The molecule has 4 rings (SSSR count). The highest BCUT2D eigenvalue weighted by Crippen LogP contribution is 2.47. The molecule has 43 heavy (non-hydrogen) atoms. The van der Waals surface area contributed by atoms with Crippen LogP contribution in [-0.4, -0.2) is 45.9 Å². The maximum Gasteiger partial charge on any atom is 0.459 e. The maximum absolute atomic E-state index is 14.3. The summed E-state index contributed by atoms with van der Waals surface area (Å²) in [7, 11) is -4.16. The first-order chi connectivity index (χ1) is 20.4. The number of nitrogens with zero attached hydrogens (tertiary/aromatic N) is 3. The number of carbonyl (C=O) groups excluding carboxylic acids is 1. The third kappa shape index (κ3) is 7.85. The molecule has 2 heterocycles. The minimum atomic E-state index is -4.16. The van der Waals surface area contributed by atoms with Crippen molar-refractivity contribution in [2.45, 2.75) is 66.3 Å². The average Bonchev–Trinajstić information content (AvgIpc) is 3.32. The molecular formula is C30H39ClN5O6P. The number of pyridine rings is 1. The zero-order valence-corrected chi connectivity index (χ0v) is 26.9. The van der Waals surface area contributed by atoms with Crippen LogP contribution in [0.2, 0.25) is 5.02 Å². The van der Waals surface area contributed by atoms with Gasteiger partial charge in [0.25, 0.3) is 0 Å². The second kappa shape index (κ2) is 14.1. The van der Waals surface area contributed by atoms with Crippen LogP contribution in [0.15, 0.2) is 48.5 Å². The molecule has 0 radical (unpaired) electrons. The summed E-state index contributed by atoms with van der Waals surface area (Å²) in [4.78, 5) is 22.0. The number of aromatic nitrogens is 3. The van der Waals surface area contributed by atoms with Crippen LogP contribution in [0.25, 0.3) is 21.9 Å². The van der Waals surface area contributed by atoms with Crippen LogP contribution in [0.4, 0.5) is 5.82 Å². The van der Waals surface area contributed by atoms with E-state index in [0.717, 1.165) is 16.4 Å². The molecule has 0 aliphatic rings. The van der Waals surface area contributed by atoms with Gasteiger partial charge in [-0.15, -0.1) is 0 Å². The van der Waals surface area contributed by atoms with E-state index in [0.29, 0.717) is 28.8 Å². The zero-order valence-electron chi connectivity index (χ0n) is 25.2. The Morgan fingerprint density at radius 3 is 2.42 bits per heavy atom. The van der Waals surface area contributed by atoms with Crippen molar-refractivity contribution in [1.29, 1.82) is 0 Å². The van der Waals surface area contributed by atoms with Gasteiger partial charge in [0.15, 0.2) is 5.82 Å². The number of nitrogen functional groups attached to an aromatic ring is 1. The van der Waals surface area contributed by atoms with Crippen molar-refractivity contribution in [3.05, 3.63) is 59.4 Å². The van der Waals surface area contributed by atoms with Crippen molar-refractivity contribution < 1.29 is 27.9 Å². The Balaban J connectivity index is 1.76. The van der Waals surface area contributed by atoms with Crippen LogP contribution in [0.1, 0.15) is 53.4 Å². The molecule has 232 valence electrons. The molecule has 11 nitrogen and oxygen atoms in total. The lowest BCUT2D eigenvalue weighted by atomic mass is 10.0. The molecule has 2 aromatic carbocycles. The second-order valence-corrected chi connectivity index (χ2v) is 12.9. The van der Waals surface area contributed by atoms with Gasteiger partial charge in [0, 0.05) is 17.0 Å². The van der Waals surface area contributed by atoms with Crippen LogP contribution < -0.4 is 15.3 Å². The van der Waals surface area contributed by atoms with Crippen LogP contribution in [0.3, 0.4) is 0 Å². The highest BCUT2D eigenvalue weighted by atomic mass is 35.5. The smallest absolute Gasteiger partial charge is 0.459 e. The van der Waals surface area contributed by atoms with E-state index in [-0.39, 0.29) is 31.0 Å². The number of carbonyl (C=O) groups is 1. The Hall–Kier alpha value is -3.21. The molecule has 0 aliphatic heterocycles. The molecule has 0 spiro atoms. The van der Waals surface area contributed by atoms with E-state index in [1.165, 1.54) is 6.92 Å². The van der Waals surface area contributed by atoms with Crippen molar-refractivity contribution in [3.8, 4) is 5.75 Å². The summed E-state index contributed by atoms with van der Waals surface area (Å²) in [5, 5.41) is 4.09. The van der Waals surface area contributed by atoms with E-state index < -0.39 is 25.8 Å². The van der Waals surface area contributed by atoms with Gasteiger partial charge >= 0.3 is 13.7 Å². The van der Waals surface area contributed by atoms with E-state index in [4.69, 9.17) is 40.8 Å². The molecule has 0 unspecified atom stereocenters. The monoisotopic (exact) mass is 631 g/mol. The summed E-state index contributed by atoms with van der Waals surface area (Å²) in [6, 6.07) is 12.6. The molecule has 3 N–H and O–H groups in total. The lowest BCUT2D eigenvalue weighted by Gasteiger charge is -2.29. The lowest BCUT2D eigenvalue weighted by Crippen LogP contribution is -2.36. The fraction of sp³-hybridized carbons (Fsp3) is 0.433. The van der Waals surface area contributed by atoms with Crippen LogP contribution in [0, 0.1) is 5.92 Å². The number of imidazole rings is 1. The minimum absolute atomic E-state index is 0.0294. The second-order valence-electron chi connectivity index (χ2n) is 10.7. The van der Waals surface area contributed by atoms with Gasteiger partial charge in [-0.1, -0.05) is 43.6 Å². The number of rotatable bonds is 14. The van der Waals surface area contributed by atoms with Crippen LogP contribution in [0.5, 0.6) is 5.75 Å². The van der Waals surface area contributed by atoms with Gasteiger partial charge in [0.1, 0.15) is 29.7 Å². The molecule has 0 saturated carbocycles. The quantitative estimate of drug-likeness (QED) is 0.114. The number of benzene rings is 2. The number of anilines is 1. The number of nitrogens with one attached hydrogen (secondary N) is 1. The molecule has 0 aliphatic carbocycles. The first-order valence-electron chi connectivity index (χ1n) is 14.2. The fourth-order valence-corrected chi connectivity index (χ4v) is 6.24. The molecular weight excluding hydrogens is 593 g/mol. The van der Waals surface area contributed by atoms with Crippen molar-refractivity contribution in [3.63, 3.8) is 0 Å². The minimum Gasteiger partial charge on any atom is -0.462 e. The number of para-hydroxylation sites is 1. The van der Waals surface area contributed by atoms with Gasteiger partial charge in [0.05, 0.1) is 29.8 Å². The zero-order chi connectivity index (χ0) is 31.3. The number of ether oxygens (including phenoxy) is 2. The van der Waals surface area contributed by atoms with Crippen LogP contribution >= 0.6 is 19.3 Å². The molecule has 2 aromatic heterocycles. The first-order valence-corrected chi connectivity index (χ1v) is 16.1. The topological polar surface area (TPSA) is 140 Å². The van der Waals surface area contributed by atoms with E-state index in [1.54, 1.807) is 38.1 Å². The Kier molecular flexibility index (Phi) is 10.7. The highest BCUT2D eigenvalue weighted by Gasteiger charge is 2.35. The molecule has 0 bridgehead atoms. The summed E-state index contributed by atoms with van der Waals surface area (Å²) in [6.07, 6.45) is -0.352. The van der Waals surface area contributed by atoms with Crippen LogP contribution in [-0.2, 0) is 30.0 Å². The predicted octanol–water partition coefficient (Wildman–Crippen LogP) is 6.69. The lowest BCUT2D eigenvalue weighted by molar-refractivity contribution is -0.149. The summed E-state index contributed by atoms with van der Waals surface area (Å²) in [6.45, 7) is 11.6. The van der Waals surface area contributed by atoms with E-state index in [2.05, 4.69) is 10.1 Å². The number of nitrogens with two attached hydrogens (primary N) is 1. The largest absolute Gasteiger partial charge is 0.462 e. The number of halogens is 1. The summed E-state index contributed by atoms with van der Waals surface area (Å²) in [5.41, 5.74) is 8.42. The summed E-state index contributed by atoms with van der Waals surface area (Å²) >= 11 is 6.04. The number of esters is 1. The molecule has 0 fully saturated rings. The molecule has 4 aromatic rings. The third-order valence-corrected chi connectivity index (χ3v) is 8.57. The molecule has 0 amide bonds. The molecule has 13 heteroatoms. The highest BCUT2D eigenvalue weighted by molar-refractivity contribution is 7.52. The summed E-state index contributed by atoms with van der Waals surface area (Å²) < 4.78 is 39.4. The van der Waals surface area contributed by atoms with Gasteiger partial charge < -0.3 is 24.3 Å². The first kappa shape index (κ1) is 32.7. The maximum atomic E-state index is 14.3. The Morgan fingerprint density at radius 1 is 1.07 bits per heavy atom. The predicted molar refractivity (Wildman–Crippen MR) is 168 cm³/mol. The van der Waals surface area contributed by atoms with Gasteiger partial charge in [-0.3, -0.25) is 9.32 Å². The third-order valence-electron chi connectivity index (χ3n) is 6.67. The number of fused-ring (bicyclic) bond motifs is 3. The van der Waals surface area contributed by atoms with E-state index in [1.807, 2.05) is 49.6 Å². The van der Waals surface area contributed by atoms with Crippen molar-refractivity contribution in [2.24, 2.45) is 5.92 Å². The fourth-order valence-electron chi connectivity index (χ4n) is 4.61. The molecule has 0 saturated heterocycles. The van der Waals surface area contributed by atoms with E-state index in [9.17, 15) is 9.36 Å². The Labute approximate surface area is 256 Å². The standard InChI is InChI=1S/C30H39ClN5O6P/c1-7-39-17-26-34-27-28(23-10-8-9-11-24(23)33-29(27)32)36(26)25(18(2)3)16-40-43(38,35-20(6)30(37)41-19(4)5)42-22-14-12-21(31)13-15-22/h8-15,18-20,25H,7,16-17H2,1-6H3,(H2,32,33)(H,35,38)/t20-,25+,43-/m0/s1. The van der Waals surface area contributed by atoms with Crippen molar-refractivity contribution in [2.75, 3.05) is 18.9 Å². The molecule has 3 atom stereocenters. The Morgan fingerprint density at radius 2 is 1.77 bits per heavy atom. The SMILES string of the molecule is CCOCc1nc2c(N)nc3ccccc3c2n1[C@H](CO[P@@](=O)(N[C@@H](C)C(=O)OC(C)C)Oc1ccc(Cl)cc1)C(C)C. The van der Waals surface area contributed by atoms with Gasteiger partial charge in [-0.25, -0.2) is 14.5 Å². The Bertz CT molecular complexity index is 1610.